The Morgan fingerprint density at radius 2 is 1.83 bits per heavy atom. The number of H-pyrrole nitrogens is 1. The van der Waals surface area contributed by atoms with Crippen molar-refractivity contribution >= 4 is 17.5 Å². The van der Waals surface area contributed by atoms with E-state index in [1.807, 2.05) is 54.6 Å². The molecule has 0 unspecified atom stereocenters. The Morgan fingerprint density at radius 3 is 2.58 bits per heavy atom. The summed E-state index contributed by atoms with van der Waals surface area (Å²) < 4.78 is 0. The first-order valence-corrected chi connectivity index (χ1v) is 8.06. The molecule has 0 bridgehead atoms. The van der Waals surface area contributed by atoms with E-state index in [0.717, 1.165) is 17.5 Å². The minimum absolute atomic E-state index is 0.0836. The number of halogens is 1. The molecule has 5 nitrogen and oxygen atoms in total. The Hall–Kier alpha value is -2.66. The fraction of sp³-hybridized carbons (Fsp3) is 0.167. The van der Waals surface area contributed by atoms with Crippen molar-refractivity contribution < 1.29 is 4.79 Å². The zero-order chi connectivity index (χ0) is 16.8. The smallest absolute Gasteiger partial charge is 0.227 e. The summed E-state index contributed by atoms with van der Waals surface area (Å²) in [5.41, 5.74) is 2.05. The normalized spacial score (nSPS) is 10.5. The van der Waals surface area contributed by atoms with Gasteiger partial charge < -0.3 is 5.32 Å². The van der Waals surface area contributed by atoms with Crippen LogP contribution in [0.25, 0.3) is 11.4 Å². The zero-order valence-electron chi connectivity index (χ0n) is 13.0. The third kappa shape index (κ3) is 4.43. The van der Waals surface area contributed by atoms with Gasteiger partial charge in [0.05, 0.1) is 6.42 Å². The first kappa shape index (κ1) is 16.2. The molecule has 1 heterocycles. The van der Waals surface area contributed by atoms with Crippen molar-refractivity contribution in [1.82, 2.24) is 20.5 Å². The van der Waals surface area contributed by atoms with E-state index in [-0.39, 0.29) is 12.3 Å². The molecule has 2 N–H and O–H groups in total. The van der Waals surface area contributed by atoms with E-state index in [2.05, 4.69) is 20.5 Å². The third-order valence-electron chi connectivity index (χ3n) is 3.54. The molecule has 0 fully saturated rings. The largest absolute Gasteiger partial charge is 0.355 e. The number of rotatable bonds is 6. The van der Waals surface area contributed by atoms with Crippen LogP contribution in [0.5, 0.6) is 0 Å². The Morgan fingerprint density at radius 1 is 1.08 bits per heavy atom. The third-order valence-corrected chi connectivity index (χ3v) is 3.79. The summed E-state index contributed by atoms with van der Waals surface area (Å²) in [6.45, 7) is 0.570. The van der Waals surface area contributed by atoms with Crippen LogP contribution in [0.15, 0.2) is 54.6 Å². The lowest BCUT2D eigenvalue weighted by Gasteiger charge is -2.04. The number of hydrogen-bond acceptors (Lipinski definition) is 3. The molecule has 122 valence electrons. The first-order valence-electron chi connectivity index (χ1n) is 7.68. The van der Waals surface area contributed by atoms with E-state index in [4.69, 9.17) is 11.6 Å². The van der Waals surface area contributed by atoms with Gasteiger partial charge in [-0.2, -0.15) is 5.10 Å². The zero-order valence-corrected chi connectivity index (χ0v) is 13.8. The number of carbonyl (C=O) groups excluding carboxylic acids is 1. The lowest BCUT2D eigenvalue weighted by molar-refractivity contribution is -0.120. The van der Waals surface area contributed by atoms with Gasteiger partial charge in [0.25, 0.3) is 0 Å². The maximum absolute atomic E-state index is 12.0. The Labute approximate surface area is 145 Å². The maximum Gasteiger partial charge on any atom is 0.227 e. The molecule has 2 aromatic carbocycles. The molecule has 0 saturated heterocycles. The Balaban J connectivity index is 1.48. The van der Waals surface area contributed by atoms with Crippen LogP contribution in [0.1, 0.15) is 11.4 Å². The number of amides is 1. The second kappa shape index (κ2) is 7.75. The van der Waals surface area contributed by atoms with E-state index < -0.39 is 0 Å². The molecule has 1 amide bonds. The van der Waals surface area contributed by atoms with Gasteiger partial charge in [0.1, 0.15) is 5.82 Å². The maximum atomic E-state index is 12.0. The van der Waals surface area contributed by atoms with Crippen LogP contribution in [0.2, 0.25) is 5.02 Å². The lowest BCUT2D eigenvalue weighted by Crippen LogP contribution is -2.27. The molecule has 0 saturated carbocycles. The number of nitrogens with zero attached hydrogens (tertiary/aromatic N) is 2. The molecular formula is C18H17ClN4O. The summed E-state index contributed by atoms with van der Waals surface area (Å²) in [6, 6.07) is 17.2. The number of carbonyl (C=O) groups is 1. The van der Waals surface area contributed by atoms with Gasteiger partial charge in [-0.05, 0) is 24.1 Å². The molecular weight excluding hydrogens is 324 g/mol. The standard InChI is InChI=1S/C18H17ClN4O/c19-15-8-6-13(7-9-15)10-11-20-17(24)12-16-21-18(23-22-16)14-4-2-1-3-5-14/h1-9H,10-12H2,(H,20,24)(H,21,22,23). The van der Waals surface area contributed by atoms with Crippen molar-refractivity contribution in [3.05, 3.63) is 71.0 Å². The van der Waals surface area contributed by atoms with Crippen LogP contribution in [0, 0.1) is 0 Å². The van der Waals surface area contributed by atoms with Crippen molar-refractivity contribution in [2.45, 2.75) is 12.8 Å². The van der Waals surface area contributed by atoms with Crippen LogP contribution in [0.4, 0.5) is 0 Å². The monoisotopic (exact) mass is 340 g/mol. The summed E-state index contributed by atoms with van der Waals surface area (Å²) in [6.07, 6.45) is 0.940. The number of benzene rings is 2. The SMILES string of the molecule is O=C(Cc1nc(-c2ccccc2)n[nH]1)NCCc1ccc(Cl)cc1. The number of nitrogens with one attached hydrogen (secondary N) is 2. The van der Waals surface area contributed by atoms with Gasteiger partial charge in [-0.1, -0.05) is 54.1 Å². The lowest BCUT2D eigenvalue weighted by atomic mass is 10.1. The molecule has 0 aliphatic rings. The molecule has 0 radical (unpaired) electrons. The minimum atomic E-state index is -0.0836. The Bertz CT molecular complexity index is 799. The van der Waals surface area contributed by atoms with Crippen molar-refractivity contribution in [1.29, 1.82) is 0 Å². The predicted octanol–water partition coefficient (Wildman–Crippen LogP) is 3.03. The molecule has 24 heavy (non-hydrogen) atoms. The highest BCUT2D eigenvalue weighted by Crippen LogP contribution is 2.13. The van der Waals surface area contributed by atoms with Crippen molar-refractivity contribution in [3.8, 4) is 11.4 Å². The van der Waals surface area contributed by atoms with Gasteiger partial charge in [-0.25, -0.2) is 4.98 Å². The average Bonchev–Trinajstić information content (AvgIpc) is 3.06. The summed E-state index contributed by atoms with van der Waals surface area (Å²) in [7, 11) is 0. The van der Waals surface area contributed by atoms with Crippen LogP contribution >= 0.6 is 11.6 Å². The van der Waals surface area contributed by atoms with Gasteiger partial charge in [0.15, 0.2) is 5.82 Å². The fourth-order valence-electron chi connectivity index (χ4n) is 2.30. The topological polar surface area (TPSA) is 70.7 Å². The molecule has 6 heteroatoms. The fourth-order valence-corrected chi connectivity index (χ4v) is 2.43. The summed E-state index contributed by atoms with van der Waals surface area (Å²) in [4.78, 5) is 16.3. The number of aromatic nitrogens is 3. The molecule has 1 aromatic heterocycles. The van der Waals surface area contributed by atoms with E-state index >= 15 is 0 Å². The highest BCUT2D eigenvalue weighted by atomic mass is 35.5. The van der Waals surface area contributed by atoms with Gasteiger partial charge >= 0.3 is 0 Å². The van der Waals surface area contributed by atoms with E-state index in [1.54, 1.807) is 0 Å². The van der Waals surface area contributed by atoms with Crippen LogP contribution in [0.3, 0.4) is 0 Å². The highest BCUT2D eigenvalue weighted by Gasteiger charge is 2.09. The molecule has 0 aliphatic heterocycles. The summed E-state index contributed by atoms with van der Waals surface area (Å²) in [5, 5.41) is 10.6. The molecule has 0 spiro atoms. The van der Waals surface area contributed by atoms with Crippen molar-refractivity contribution in [3.63, 3.8) is 0 Å². The quantitative estimate of drug-likeness (QED) is 0.724. The predicted molar refractivity (Wildman–Crippen MR) is 93.7 cm³/mol. The van der Waals surface area contributed by atoms with Gasteiger partial charge in [-0.15, -0.1) is 0 Å². The second-order valence-electron chi connectivity index (χ2n) is 5.37. The van der Waals surface area contributed by atoms with Gasteiger partial charge in [0, 0.05) is 17.1 Å². The second-order valence-corrected chi connectivity index (χ2v) is 5.81. The van der Waals surface area contributed by atoms with Gasteiger partial charge in [-0.3, -0.25) is 9.89 Å². The molecule has 0 atom stereocenters. The molecule has 0 aliphatic carbocycles. The van der Waals surface area contributed by atoms with E-state index in [9.17, 15) is 4.79 Å². The van der Waals surface area contributed by atoms with E-state index in [0.29, 0.717) is 23.2 Å². The molecule has 3 rings (SSSR count). The summed E-state index contributed by atoms with van der Waals surface area (Å²) >= 11 is 5.85. The number of aromatic amines is 1. The van der Waals surface area contributed by atoms with Crippen LogP contribution in [-0.2, 0) is 17.6 Å². The van der Waals surface area contributed by atoms with Crippen molar-refractivity contribution in [2.24, 2.45) is 0 Å². The van der Waals surface area contributed by atoms with Crippen molar-refractivity contribution in [2.75, 3.05) is 6.54 Å². The Kier molecular flexibility index (Phi) is 5.23. The first-order chi connectivity index (χ1) is 11.7. The van der Waals surface area contributed by atoms with Gasteiger partial charge in [0.2, 0.25) is 5.91 Å². The average molecular weight is 341 g/mol. The molecule has 3 aromatic rings. The minimum Gasteiger partial charge on any atom is -0.355 e. The van der Waals surface area contributed by atoms with E-state index in [1.165, 1.54) is 0 Å². The highest BCUT2D eigenvalue weighted by molar-refractivity contribution is 6.30. The van der Waals surface area contributed by atoms with Crippen LogP contribution < -0.4 is 5.32 Å². The summed E-state index contributed by atoms with van der Waals surface area (Å²) in [5.74, 6) is 1.07. The van der Waals surface area contributed by atoms with Crippen LogP contribution in [-0.4, -0.2) is 27.6 Å². The number of hydrogen-bond donors (Lipinski definition) is 2.